The second-order valence-corrected chi connectivity index (χ2v) is 27.0. The van der Waals surface area contributed by atoms with E-state index >= 15 is 0 Å². The Morgan fingerprint density at radius 2 is 0.536 bits per heavy atom. The molecule has 0 saturated heterocycles. The van der Waals surface area contributed by atoms with E-state index in [1.54, 1.807) is 11.1 Å². The summed E-state index contributed by atoms with van der Waals surface area (Å²) in [6.45, 7) is 3.06. The first-order valence-electron chi connectivity index (χ1n) is 31.1. The van der Waals surface area contributed by atoms with Crippen molar-refractivity contribution in [3.63, 3.8) is 0 Å². The van der Waals surface area contributed by atoms with Crippen molar-refractivity contribution in [2.24, 2.45) is 46.3 Å². The van der Waals surface area contributed by atoms with E-state index in [0.717, 1.165) is 35.5 Å². The number of hydrogen-bond donors (Lipinski definition) is 0. The van der Waals surface area contributed by atoms with Crippen LogP contribution in [0.15, 0.2) is 218 Å². The Labute approximate surface area is 516 Å². The molecule has 0 nitrogen and oxygen atoms in total. The fraction of sp³-hybridized carbons (Fsp3) is 0.268. The quantitative estimate of drug-likeness (QED) is 0.105. The van der Waals surface area contributed by atoms with Crippen molar-refractivity contribution in [2.45, 2.75) is 89.9 Å². The molecular formula is C82H76SiZr-4. The van der Waals surface area contributed by atoms with Gasteiger partial charge in [0.2, 0.25) is 0 Å². The van der Waals surface area contributed by atoms with Crippen molar-refractivity contribution in [3.05, 3.63) is 244 Å². The van der Waals surface area contributed by atoms with Gasteiger partial charge >= 0.3 is 30.2 Å². The molecule has 12 aromatic rings. The van der Waals surface area contributed by atoms with Crippen LogP contribution >= 0.6 is 0 Å². The average molecular weight is 1180 g/mol. The molecule has 8 fully saturated rings. The summed E-state index contributed by atoms with van der Waals surface area (Å²) in [6, 6.07) is 82.5. The first-order chi connectivity index (χ1) is 40.4. The van der Waals surface area contributed by atoms with Crippen molar-refractivity contribution in [3.8, 4) is 44.5 Å². The molecule has 0 aliphatic heterocycles. The normalized spacial score (nSPS) is 24.2. The van der Waals surface area contributed by atoms with Crippen LogP contribution in [-0.2, 0) is 36.2 Å². The number of fused-ring (bicyclic) bond motifs is 6. The van der Waals surface area contributed by atoms with Crippen LogP contribution in [-0.4, -0.2) is 6.88 Å². The Hall–Kier alpha value is -6.44. The van der Waals surface area contributed by atoms with Crippen molar-refractivity contribution < 1.29 is 23.3 Å². The van der Waals surface area contributed by atoms with Gasteiger partial charge in [-0.1, -0.05) is 228 Å². The molecule has 20 rings (SSSR count). The van der Waals surface area contributed by atoms with Gasteiger partial charge in [-0.25, -0.2) is 0 Å². The van der Waals surface area contributed by atoms with Crippen molar-refractivity contribution in [2.75, 3.05) is 0 Å². The summed E-state index contributed by atoms with van der Waals surface area (Å²) in [4.78, 5) is 0. The van der Waals surface area contributed by atoms with E-state index in [-0.39, 0.29) is 14.9 Å². The molecule has 2 radical (unpaired) electrons. The molecule has 0 N–H and O–H groups in total. The van der Waals surface area contributed by atoms with Crippen LogP contribution < -0.4 is 0 Å². The van der Waals surface area contributed by atoms with Gasteiger partial charge in [-0.15, -0.1) is 44.8 Å². The van der Waals surface area contributed by atoms with Gasteiger partial charge in [-0.3, -0.25) is 0 Å². The largest absolute Gasteiger partial charge is 0.164 e. The molecular weight excluding hydrogens is 1100 g/mol. The maximum absolute atomic E-state index is 3.06. The average Bonchev–Trinajstić information content (AvgIpc) is 1.88. The van der Waals surface area contributed by atoms with Crippen LogP contribution in [0.5, 0.6) is 0 Å². The van der Waals surface area contributed by atoms with E-state index in [0.29, 0.717) is 10.8 Å². The third kappa shape index (κ3) is 9.75. The van der Waals surface area contributed by atoms with Crippen LogP contribution in [0, 0.1) is 61.2 Å². The first kappa shape index (κ1) is 55.4. The zero-order chi connectivity index (χ0) is 54.5. The van der Waals surface area contributed by atoms with Gasteiger partial charge in [0.1, 0.15) is 0 Å². The molecule has 0 unspecified atom stereocenters. The third-order valence-corrected chi connectivity index (χ3v) is 21.7. The Bertz CT molecular complexity index is 3820. The molecule has 8 bridgehead atoms. The Balaban J connectivity index is 0.000000142. The van der Waals surface area contributed by atoms with Gasteiger partial charge in [0.25, 0.3) is 0 Å². The maximum Gasteiger partial charge on any atom is -0.0114 e. The summed E-state index contributed by atoms with van der Waals surface area (Å²) in [7, 11) is 0. The minimum atomic E-state index is 0. The standard InChI is InChI=1S/2C40H35.2CH3.Si.Zr/c2*1-3-11-32-30(7-1)9-5-13-34(32)36-15-16-37(35-14-6-10-31-8-2-4-12-33(31)35)39-21-29(20-38(36)39)25-40-22-26-17-27(23-40)19-28(18-26)24-40;;;;/h2*1-16,20-21,26-28H,17-19,22-25H2;2*1H3;;/q4*-1;;. The van der Waals surface area contributed by atoms with E-state index in [9.17, 15) is 0 Å². The summed E-state index contributed by atoms with van der Waals surface area (Å²) in [5, 5.41) is 16.3. The molecule has 8 aliphatic rings. The van der Waals surface area contributed by atoms with E-state index in [1.807, 2.05) is 0 Å². The number of benzene rings is 10. The summed E-state index contributed by atoms with van der Waals surface area (Å²) >= 11 is 1.36. The summed E-state index contributed by atoms with van der Waals surface area (Å²) < 4.78 is 0. The molecule has 0 heterocycles. The molecule has 416 valence electrons. The van der Waals surface area contributed by atoms with Crippen LogP contribution in [0.4, 0.5) is 0 Å². The van der Waals surface area contributed by atoms with E-state index in [1.165, 1.54) is 222 Å². The minimum absolute atomic E-state index is 0. The molecule has 8 saturated carbocycles. The van der Waals surface area contributed by atoms with Gasteiger partial charge in [-0.2, -0.15) is 12.1 Å². The van der Waals surface area contributed by atoms with Gasteiger partial charge in [0.05, 0.1) is 0 Å². The van der Waals surface area contributed by atoms with Crippen molar-refractivity contribution >= 4 is 71.5 Å². The molecule has 0 aromatic heterocycles. The van der Waals surface area contributed by atoms with Gasteiger partial charge < -0.3 is 14.9 Å². The summed E-state index contributed by atoms with van der Waals surface area (Å²) in [5.41, 5.74) is 15.1. The fourth-order valence-corrected chi connectivity index (χ4v) is 19.6. The third-order valence-electron chi connectivity index (χ3n) is 21.7. The molecule has 0 atom stereocenters. The SMILES string of the molecule is [CH3-].[CH3-].[Si]=[Zr].c1ccc2c(-c3ccc(-c4cccc5ccccc45)c4[cH-]c(CC56CC7CC(CC(C7)C5)C6)cc34)cccc2c1.c1ccc2c(-c3ccc(-c4cccc5ccccc45)c4[cH-]c(CC56CC7CC(CC(C7)C5)C6)cc34)cccc2c1. The molecule has 2 heteroatoms. The second kappa shape index (κ2) is 22.4. The van der Waals surface area contributed by atoms with E-state index < -0.39 is 0 Å². The van der Waals surface area contributed by atoms with Crippen LogP contribution in [0.1, 0.15) is 88.2 Å². The number of rotatable bonds is 8. The van der Waals surface area contributed by atoms with Gasteiger partial charge in [0.15, 0.2) is 0 Å². The zero-order valence-corrected chi connectivity index (χ0v) is 52.6. The van der Waals surface area contributed by atoms with Crippen LogP contribution in [0.2, 0.25) is 0 Å². The van der Waals surface area contributed by atoms with E-state index in [2.05, 4.69) is 225 Å². The summed E-state index contributed by atoms with van der Waals surface area (Å²) in [5.74, 6) is 5.96. The second-order valence-electron chi connectivity index (χ2n) is 27.0. The fourth-order valence-electron chi connectivity index (χ4n) is 19.6. The van der Waals surface area contributed by atoms with Crippen LogP contribution in [0.25, 0.3) is 109 Å². The molecule has 84 heavy (non-hydrogen) atoms. The Morgan fingerprint density at radius 3 is 0.833 bits per heavy atom. The van der Waals surface area contributed by atoms with Crippen molar-refractivity contribution in [1.29, 1.82) is 0 Å². The molecule has 8 aliphatic carbocycles. The zero-order valence-electron chi connectivity index (χ0n) is 49.1. The molecule has 0 amide bonds. The van der Waals surface area contributed by atoms with Crippen LogP contribution in [0.3, 0.4) is 0 Å². The monoisotopic (exact) mass is 1180 g/mol. The predicted octanol–water partition coefficient (Wildman–Crippen LogP) is 22.4. The molecule has 12 aromatic carbocycles. The van der Waals surface area contributed by atoms with Gasteiger partial charge in [-0.05, 0) is 190 Å². The van der Waals surface area contributed by atoms with Crippen molar-refractivity contribution in [1.82, 2.24) is 0 Å². The molecule has 0 spiro atoms. The topological polar surface area (TPSA) is 0 Å². The first-order valence-corrected chi connectivity index (χ1v) is 35.2. The Kier molecular flexibility index (Phi) is 14.8. The summed E-state index contributed by atoms with van der Waals surface area (Å²) in [6.07, 6.45) is 20.4. The maximum atomic E-state index is 3.06. The Morgan fingerprint density at radius 1 is 0.298 bits per heavy atom. The predicted molar refractivity (Wildman–Crippen MR) is 358 cm³/mol. The van der Waals surface area contributed by atoms with Gasteiger partial charge in [0, 0.05) is 0 Å². The minimum Gasteiger partial charge on any atom is -0.164 e. The smallest absolute Gasteiger partial charge is 0.0114 e. The van der Waals surface area contributed by atoms with E-state index in [4.69, 9.17) is 0 Å². The number of hydrogen-bond acceptors (Lipinski definition) is 0.